The van der Waals surface area contributed by atoms with E-state index in [9.17, 15) is 4.39 Å². The van der Waals surface area contributed by atoms with Gasteiger partial charge in [0.25, 0.3) is 0 Å². The van der Waals surface area contributed by atoms with E-state index >= 15 is 0 Å². The first-order valence-corrected chi connectivity index (χ1v) is 10.2. The van der Waals surface area contributed by atoms with E-state index in [1.54, 1.807) is 18.3 Å². The van der Waals surface area contributed by atoms with Crippen molar-refractivity contribution in [1.82, 2.24) is 5.32 Å². The number of benzene rings is 2. The Balaban J connectivity index is 1.84. The summed E-state index contributed by atoms with van der Waals surface area (Å²) in [5, 5.41) is 3.45. The largest absolute Gasteiger partial charge is 0.340 e. The fraction of sp³-hybridized carbons (Fsp3) is 0.200. The number of aliphatic imine (C=N–C) groups is 2. The third-order valence-corrected chi connectivity index (χ3v) is 5.22. The summed E-state index contributed by atoms with van der Waals surface area (Å²) in [5.74, 6) is 0.906. The van der Waals surface area contributed by atoms with Gasteiger partial charge in [0, 0.05) is 35.1 Å². The molecular formula is C25H25FN4. The van der Waals surface area contributed by atoms with Crippen LogP contribution in [0.1, 0.15) is 30.0 Å². The van der Waals surface area contributed by atoms with Crippen molar-refractivity contribution in [3.05, 3.63) is 107 Å². The molecule has 2 aliphatic rings. The molecule has 152 valence electrons. The fourth-order valence-corrected chi connectivity index (χ4v) is 3.49. The summed E-state index contributed by atoms with van der Waals surface area (Å²) in [7, 11) is 0. The molecule has 1 atom stereocenters. The number of nitrogens with one attached hydrogen (secondary N) is 1. The van der Waals surface area contributed by atoms with E-state index in [4.69, 9.17) is 15.7 Å². The van der Waals surface area contributed by atoms with Crippen LogP contribution in [-0.2, 0) is 0 Å². The molecule has 1 aliphatic heterocycles. The van der Waals surface area contributed by atoms with Crippen LogP contribution in [0.25, 0.3) is 0 Å². The molecule has 0 saturated heterocycles. The lowest BCUT2D eigenvalue weighted by Gasteiger charge is -2.18. The van der Waals surface area contributed by atoms with Gasteiger partial charge in [-0.2, -0.15) is 0 Å². The van der Waals surface area contributed by atoms with Crippen molar-refractivity contribution >= 4 is 11.5 Å². The highest BCUT2D eigenvalue weighted by Crippen LogP contribution is 2.21. The van der Waals surface area contributed by atoms with E-state index in [1.807, 2.05) is 30.3 Å². The molecule has 1 heterocycles. The smallest absolute Gasteiger partial charge is 0.138 e. The Morgan fingerprint density at radius 1 is 1.07 bits per heavy atom. The monoisotopic (exact) mass is 400 g/mol. The summed E-state index contributed by atoms with van der Waals surface area (Å²) in [6.07, 6.45) is 9.16. The van der Waals surface area contributed by atoms with E-state index in [-0.39, 0.29) is 5.82 Å². The molecule has 1 aliphatic carbocycles. The number of rotatable bonds is 3. The minimum absolute atomic E-state index is 0.304. The van der Waals surface area contributed by atoms with Crippen molar-refractivity contribution in [2.75, 3.05) is 13.1 Å². The topological polar surface area (TPSA) is 62.8 Å². The molecule has 0 bridgehead atoms. The molecule has 3 N–H and O–H groups in total. The maximum Gasteiger partial charge on any atom is 0.138 e. The summed E-state index contributed by atoms with van der Waals surface area (Å²) in [6, 6.07) is 14.5. The van der Waals surface area contributed by atoms with Crippen LogP contribution in [0, 0.1) is 11.7 Å². The first-order valence-electron chi connectivity index (χ1n) is 10.2. The zero-order valence-corrected chi connectivity index (χ0v) is 17.0. The van der Waals surface area contributed by atoms with Crippen molar-refractivity contribution in [3.63, 3.8) is 0 Å². The molecule has 0 amide bonds. The third kappa shape index (κ3) is 4.31. The Morgan fingerprint density at radius 3 is 2.50 bits per heavy atom. The first kappa shape index (κ1) is 20.0. The Hall–Kier alpha value is -3.31. The average Bonchev–Trinajstić information content (AvgIpc) is 2.84. The molecule has 0 saturated carbocycles. The number of allylic oxidation sites excluding steroid dienone is 3. The van der Waals surface area contributed by atoms with Crippen LogP contribution in [0.5, 0.6) is 0 Å². The molecule has 1 unspecified atom stereocenters. The number of nitrogens with two attached hydrogens (primary N) is 1. The molecule has 2 aromatic rings. The van der Waals surface area contributed by atoms with Crippen molar-refractivity contribution in [2.45, 2.75) is 13.3 Å². The predicted molar refractivity (Wildman–Crippen MR) is 121 cm³/mol. The van der Waals surface area contributed by atoms with Gasteiger partial charge in [-0.05, 0) is 36.1 Å². The maximum atomic E-state index is 14.7. The van der Waals surface area contributed by atoms with E-state index in [0.717, 1.165) is 28.8 Å². The van der Waals surface area contributed by atoms with Crippen molar-refractivity contribution < 1.29 is 4.39 Å². The number of nitrogens with zero attached hydrogens (tertiary/aromatic N) is 2. The SMILES string of the molecule is CC1C=CC(NC2=N/C=C(\CN)CN=C(c3ccccc3F)c3ccccc32)=CC1. The molecule has 2 aromatic carbocycles. The van der Waals surface area contributed by atoms with Crippen molar-refractivity contribution in [3.8, 4) is 0 Å². The lowest BCUT2D eigenvalue weighted by molar-refractivity contribution is 0.625. The summed E-state index contributed by atoms with van der Waals surface area (Å²) in [5.41, 5.74) is 10.5. The van der Waals surface area contributed by atoms with Crippen LogP contribution in [0.2, 0.25) is 0 Å². The van der Waals surface area contributed by atoms with Crippen molar-refractivity contribution in [1.29, 1.82) is 0 Å². The summed E-state index contributed by atoms with van der Waals surface area (Å²) in [4.78, 5) is 9.48. The number of halogens is 1. The minimum Gasteiger partial charge on any atom is -0.340 e. The fourth-order valence-electron chi connectivity index (χ4n) is 3.49. The van der Waals surface area contributed by atoms with Gasteiger partial charge in [0.15, 0.2) is 0 Å². The van der Waals surface area contributed by atoms with Gasteiger partial charge >= 0.3 is 0 Å². The molecule has 4 rings (SSSR count). The minimum atomic E-state index is -0.304. The number of amidine groups is 1. The van der Waals surface area contributed by atoms with E-state index in [0.29, 0.717) is 36.1 Å². The molecular weight excluding hydrogens is 375 g/mol. The average molecular weight is 401 g/mol. The molecule has 0 spiro atoms. The highest BCUT2D eigenvalue weighted by molar-refractivity contribution is 6.19. The zero-order chi connectivity index (χ0) is 20.9. The van der Waals surface area contributed by atoms with Gasteiger partial charge < -0.3 is 11.1 Å². The summed E-state index contributed by atoms with van der Waals surface area (Å²) < 4.78 is 14.7. The van der Waals surface area contributed by atoms with Gasteiger partial charge in [-0.25, -0.2) is 9.38 Å². The Kier molecular flexibility index (Phi) is 6.00. The second kappa shape index (κ2) is 9.01. The molecule has 0 radical (unpaired) electrons. The van der Waals surface area contributed by atoms with Crippen LogP contribution in [0.4, 0.5) is 4.39 Å². The molecule has 0 aromatic heterocycles. The number of hydrogen-bond donors (Lipinski definition) is 2. The number of fused-ring (bicyclic) bond motifs is 1. The van der Waals surface area contributed by atoms with Crippen molar-refractivity contribution in [2.24, 2.45) is 21.6 Å². The summed E-state index contributed by atoms with van der Waals surface area (Å²) >= 11 is 0. The Morgan fingerprint density at radius 2 is 1.80 bits per heavy atom. The van der Waals surface area contributed by atoms with Crippen LogP contribution in [-0.4, -0.2) is 24.6 Å². The van der Waals surface area contributed by atoms with Crippen LogP contribution in [0.15, 0.2) is 94.2 Å². The second-order valence-corrected chi connectivity index (χ2v) is 7.52. The highest BCUT2D eigenvalue weighted by Gasteiger charge is 2.19. The lowest BCUT2D eigenvalue weighted by atomic mass is 9.95. The van der Waals surface area contributed by atoms with E-state index in [2.05, 4.69) is 30.5 Å². The van der Waals surface area contributed by atoms with E-state index < -0.39 is 0 Å². The molecule has 4 nitrogen and oxygen atoms in total. The maximum absolute atomic E-state index is 14.7. The number of hydrogen-bond acceptors (Lipinski definition) is 4. The van der Waals surface area contributed by atoms with Gasteiger partial charge in [-0.3, -0.25) is 4.99 Å². The van der Waals surface area contributed by atoms with Gasteiger partial charge in [0.05, 0.1) is 12.3 Å². The Labute approximate surface area is 176 Å². The zero-order valence-electron chi connectivity index (χ0n) is 17.0. The van der Waals surface area contributed by atoms with Gasteiger partial charge in [0.1, 0.15) is 11.7 Å². The molecule has 5 heteroatoms. The lowest BCUT2D eigenvalue weighted by Crippen LogP contribution is -2.26. The van der Waals surface area contributed by atoms with Gasteiger partial charge in [-0.15, -0.1) is 0 Å². The highest BCUT2D eigenvalue weighted by atomic mass is 19.1. The second-order valence-electron chi connectivity index (χ2n) is 7.52. The quantitative estimate of drug-likeness (QED) is 0.805. The standard InChI is InChI=1S/C25H25FN4/c1-17-10-12-19(13-11-17)30-25-21-7-3-2-6-20(21)24(22-8-4-5-9-23(22)26)28-15-18(14-27)16-29-25/h2-10,12-13,16-17H,11,14-15,27H2,1H3,(H,29,30)/b18-16+,28-24?. The van der Waals surface area contributed by atoms with Gasteiger partial charge in [-0.1, -0.05) is 55.5 Å². The van der Waals surface area contributed by atoms with Gasteiger partial charge in [0.2, 0.25) is 0 Å². The molecule has 30 heavy (non-hydrogen) atoms. The van der Waals surface area contributed by atoms with Crippen LogP contribution in [0.3, 0.4) is 0 Å². The van der Waals surface area contributed by atoms with E-state index in [1.165, 1.54) is 6.07 Å². The van der Waals surface area contributed by atoms with Crippen LogP contribution >= 0.6 is 0 Å². The normalized spacial score (nSPS) is 20.4. The Bertz CT molecular complexity index is 1090. The molecule has 0 fully saturated rings. The first-order chi connectivity index (χ1) is 14.7. The summed E-state index contributed by atoms with van der Waals surface area (Å²) in [6.45, 7) is 2.89. The van der Waals surface area contributed by atoms with Crippen LogP contribution < -0.4 is 11.1 Å². The third-order valence-electron chi connectivity index (χ3n) is 5.22. The predicted octanol–water partition coefficient (Wildman–Crippen LogP) is 4.34.